The first-order valence-corrected chi connectivity index (χ1v) is 7.64. The van der Waals surface area contributed by atoms with Crippen molar-refractivity contribution in [2.75, 3.05) is 18.5 Å². The zero-order chi connectivity index (χ0) is 18.7. The van der Waals surface area contributed by atoms with Crippen LogP contribution in [-0.4, -0.2) is 13.3 Å². The molecule has 0 unspecified atom stereocenters. The number of halogens is 2. The standard InChI is InChI=1S/C8H9FN2.C8H11FN2.C2H6/c1-5-2-6(4-10)8(11)3-7(5)9;1-11-5-6-3-2-4-7(9)8(6)10;1-2/h2-4,10H,11H2,1H3;2-4,11H,5,10H2,1H3;1-2H3. The van der Waals surface area contributed by atoms with Gasteiger partial charge in [0.25, 0.3) is 0 Å². The third kappa shape index (κ3) is 6.34. The van der Waals surface area contributed by atoms with E-state index in [1.807, 2.05) is 13.8 Å². The molecule has 4 nitrogen and oxygen atoms in total. The van der Waals surface area contributed by atoms with Crippen LogP contribution in [0.2, 0.25) is 0 Å². The van der Waals surface area contributed by atoms with E-state index in [-0.39, 0.29) is 17.3 Å². The van der Waals surface area contributed by atoms with Gasteiger partial charge >= 0.3 is 0 Å². The molecule has 0 saturated heterocycles. The van der Waals surface area contributed by atoms with Crippen LogP contribution in [0.5, 0.6) is 0 Å². The molecule has 0 aromatic heterocycles. The number of nitrogens with one attached hydrogen (secondary N) is 2. The predicted octanol–water partition coefficient (Wildman–Crippen LogP) is 3.87. The van der Waals surface area contributed by atoms with E-state index in [1.54, 1.807) is 32.2 Å². The fourth-order valence-corrected chi connectivity index (χ4v) is 1.77. The average Bonchev–Trinajstić information content (AvgIpc) is 2.58. The molecule has 0 heterocycles. The zero-order valence-corrected chi connectivity index (χ0v) is 14.6. The summed E-state index contributed by atoms with van der Waals surface area (Å²) >= 11 is 0. The highest BCUT2D eigenvalue weighted by atomic mass is 19.1. The SMILES string of the molecule is CC.CNCc1cccc(F)c1N.Cc1cc(C=N)c(N)cc1F. The Hall–Kier alpha value is -2.47. The monoisotopic (exact) mass is 336 g/mol. The average molecular weight is 336 g/mol. The van der Waals surface area contributed by atoms with Crippen LogP contribution in [0.1, 0.15) is 30.5 Å². The molecule has 6 N–H and O–H groups in total. The second kappa shape index (κ2) is 11.1. The fraction of sp³-hybridized carbons (Fsp3) is 0.278. The van der Waals surface area contributed by atoms with Gasteiger partial charge in [-0.25, -0.2) is 8.78 Å². The minimum Gasteiger partial charge on any atom is -0.398 e. The van der Waals surface area contributed by atoms with E-state index in [0.717, 1.165) is 11.8 Å². The summed E-state index contributed by atoms with van der Waals surface area (Å²) in [6.07, 6.45) is 1.11. The number of nitrogen functional groups attached to an aromatic ring is 2. The molecule has 0 fully saturated rings. The normalized spacial score (nSPS) is 9.25. The van der Waals surface area contributed by atoms with Gasteiger partial charge in [0.1, 0.15) is 11.6 Å². The van der Waals surface area contributed by atoms with Gasteiger partial charge in [-0.05, 0) is 43.3 Å². The highest BCUT2D eigenvalue weighted by Gasteiger charge is 2.02. The third-order valence-corrected chi connectivity index (χ3v) is 3.03. The summed E-state index contributed by atoms with van der Waals surface area (Å²) in [5.74, 6) is -0.675. The molecule has 0 atom stereocenters. The Kier molecular flexibility index (Phi) is 9.98. The first-order chi connectivity index (χ1) is 11.4. The lowest BCUT2D eigenvalue weighted by Gasteiger charge is -2.04. The Morgan fingerprint density at radius 2 is 1.75 bits per heavy atom. The Morgan fingerprint density at radius 1 is 1.12 bits per heavy atom. The van der Waals surface area contributed by atoms with Crippen molar-refractivity contribution in [1.82, 2.24) is 5.32 Å². The van der Waals surface area contributed by atoms with E-state index in [2.05, 4.69) is 5.32 Å². The number of para-hydroxylation sites is 1. The van der Waals surface area contributed by atoms with E-state index in [1.165, 1.54) is 12.1 Å². The van der Waals surface area contributed by atoms with Crippen LogP contribution in [0.4, 0.5) is 20.2 Å². The van der Waals surface area contributed by atoms with Crippen molar-refractivity contribution in [2.45, 2.75) is 27.3 Å². The molecular formula is C18H26F2N4. The molecule has 0 radical (unpaired) electrons. The number of anilines is 2. The molecule has 0 aliphatic rings. The summed E-state index contributed by atoms with van der Waals surface area (Å²) < 4.78 is 25.5. The Morgan fingerprint density at radius 3 is 2.29 bits per heavy atom. The van der Waals surface area contributed by atoms with Gasteiger partial charge < -0.3 is 22.2 Å². The van der Waals surface area contributed by atoms with Crippen molar-refractivity contribution < 1.29 is 8.78 Å². The van der Waals surface area contributed by atoms with Crippen molar-refractivity contribution in [3.05, 3.63) is 58.7 Å². The van der Waals surface area contributed by atoms with Crippen molar-refractivity contribution in [3.8, 4) is 0 Å². The van der Waals surface area contributed by atoms with Gasteiger partial charge in [-0.3, -0.25) is 0 Å². The Bertz CT molecular complexity index is 658. The van der Waals surface area contributed by atoms with E-state index < -0.39 is 0 Å². The smallest absolute Gasteiger partial charge is 0.146 e. The Balaban J connectivity index is 0.000000400. The van der Waals surface area contributed by atoms with Gasteiger partial charge in [0.05, 0.1) is 5.69 Å². The highest BCUT2D eigenvalue weighted by molar-refractivity contribution is 5.85. The van der Waals surface area contributed by atoms with E-state index in [0.29, 0.717) is 23.4 Å². The van der Waals surface area contributed by atoms with Crippen LogP contribution >= 0.6 is 0 Å². The maximum Gasteiger partial charge on any atom is 0.146 e. The van der Waals surface area contributed by atoms with Gasteiger partial charge in [0.2, 0.25) is 0 Å². The summed E-state index contributed by atoms with van der Waals surface area (Å²) in [5, 5.41) is 9.83. The number of nitrogens with two attached hydrogens (primary N) is 2. The van der Waals surface area contributed by atoms with Crippen LogP contribution in [0.3, 0.4) is 0 Å². The molecule has 0 bridgehead atoms. The van der Waals surface area contributed by atoms with Crippen molar-refractivity contribution in [2.24, 2.45) is 0 Å². The number of aryl methyl sites for hydroxylation is 1. The van der Waals surface area contributed by atoms with E-state index in [9.17, 15) is 8.78 Å². The minimum atomic E-state index is -0.349. The number of benzene rings is 2. The maximum atomic E-state index is 12.7. The number of rotatable bonds is 3. The van der Waals surface area contributed by atoms with Crippen LogP contribution < -0.4 is 16.8 Å². The predicted molar refractivity (Wildman–Crippen MR) is 98.4 cm³/mol. The molecule has 24 heavy (non-hydrogen) atoms. The van der Waals surface area contributed by atoms with Crippen molar-refractivity contribution in [1.29, 1.82) is 5.41 Å². The second-order valence-corrected chi connectivity index (χ2v) is 4.72. The summed E-state index contributed by atoms with van der Waals surface area (Å²) in [4.78, 5) is 0. The minimum absolute atomic E-state index is 0.238. The first kappa shape index (κ1) is 21.5. The van der Waals surface area contributed by atoms with Gasteiger partial charge in [-0.15, -0.1) is 0 Å². The third-order valence-electron chi connectivity index (χ3n) is 3.03. The van der Waals surface area contributed by atoms with Gasteiger partial charge in [0.15, 0.2) is 0 Å². The summed E-state index contributed by atoms with van der Waals surface area (Å²) in [7, 11) is 1.80. The largest absolute Gasteiger partial charge is 0.398 e. The topological polar surface area (TPSA) is 87.9 Å². The molecule has 0 aliphatic carbocycles. The Labute approximate surface area is 142 Å². The molecule has 6 heteroatoms. The molecular weight excluding hydrogens is 310 g/mol. The molecule has 0 spiro atoms. The molecule has 2 aromatic carbocycles. The highest BCUT2D eigenvalue weighted by Crippen LogP contribution is 2.15. The fourth-order valence-electron chi connectivity index (χ4n) is 1.77. The van der Waals surface area contributed by atoms with Crippen molar-refractivity contribution in [3.63, 3.8) is 0 Å². The summed E-state index contributed by atoms with van der Waals surface area (Å²) in [6.45, 7) is 6.24. The molecule has 2 rings (SSSR count). The van der Waals surface area contributed by atoms with Crippen LogP contribution in [0.15, 0.2) is 30.3 Å². The van der Waals surface area contributed by atoms with Crippen LogP contribution in [-0.2, 0) is 6.54 Å². The van der Waals surface area contributed by atoms with Gasteiger partial charge in [-0.2, -0.15) is 0 Å². The quantitative estimate of drug-likeness (QED) is 0.507. The lowest BCUT2D eigenvalue weighted by molar-refractivity contribution is 0.619. The van der Waals surface area contributed by atoms with E-state index >= 15 is 0 Å². The summed E-state index contributed by atoms with van der Waals surface area (Å²) in [5.41, 5.74) is 13.3. The first-order valence-electron chi connectivity index (χ1n) is 7.64. The van der Waals surface area contributed by atoms with Crippen LogP contribution in [0, 0.1) is 24.0 Å². The number of hydrogen-bond donors (Lipinski definition) is 4. The zero-order valence-electron chi connectivity index (χ0n) is 14.6. The maximum absolute atomic E-state index is 12.7. The van der Waals surface area contributed by atoms with Crippen LogP contribution in [0.25, 0.3) is 0 Å². The molecule has 132 valence electrons. The molecule has 0 amide bonds. The van der Waals surface area contributed by atoms with Crippen molar-refractivity contribution >= 4 is 17.6 Å². The number of hydrogen-bond acceptors (Lipinski definition) is 4. The lowest BCUT2D eigenvalue weighted by atomic mass is 10.1. The molecule has 0 aliphatic heterocycles. The van der Waals surface area contributed by atoms with Gasteiger partial charge in [-0.1, -0.05) is 26.0 Å². The molecule has 0 saturated carbocycles. The van der Waals surface area contributed by atoms with E-state index in [4.69, 9.17) is 16.9 Å². The summed E-state index contributed by atoms with van der Waals surface area (Å²) in [6, 6.07) is 7.59. The van der Waals surface area contributed by atoms with Gasteiger partial charge in [0, 0.05) is 24.0 Å². The second-order valence-electron chi connectivity index (χ2n) is 4.72. The molecule has 2 aromatic rings. The lowest BCUT2D eigenvalue weighted by Crippen LogP contribution is -2.08.